The third-order valence-electron chi connectivity index (χ3n) is 5.00. The van der Waals surface area contributed by atoms with E-state index in [1.807, 2.05) is 9.80 Å². The molecule has 3 aliphatic rings. The molecule has 0 bridgehead atoms. The average Bonchev–Trinajstić information content (AvgIpc) is 2.88. The Balaban J connectivity index is 1.67. The van der Waals surface area contributed by atoms with Crippen LogP contribution >= 0.6 is 0 Å². The summed E-state index contributed by atoms with van der Waals surface area (Å²) in [7, 11) is 0. The van der Waals surface area contributed by atoms with Crippen LogP contribution in [0.4, 0.5) is 0 Å². The van der Waals surface area contributed by atoms with E-state index in [-0.39, 0.29) is 30.6 Å². The molecule has 0 aromatic carbocycles. The molecule has 3 rings (SSSR count). The van der Waals surface area contributed by atoms with E-state index in [0.29, 0.717) is 19.0 Å². The van der Waals surface area contributed by atoms with Crippen molar-refractivity contribution in [1.29, 1.82) is 0 Å². The zero-order valence-corrected chi connectivity index (χ0v) is 12.2. The van der Waals surface area contributed by atoms with Crippen molar-refractivity contribution in [3.63, 3.8) is 0 Å². The summed E-state index contributed by atoms with van der Waals surface area (Å²) in [5.74, 6) is 0.813. The van der Waals surface area contributed by atoms with Gasteiger partial charge in [-0.3, -0.25) is 9.59 Å². The summed E-state index contributed by atoms with van der Waals surface area (Å²) in [6.07, 6.45) is 6.39. The molecule has 2 amide bonds. The number of carbonyl (C=O) groups is 2. The summed E-state index contributed by atoms with van der Waals surface area (Å²) in [6.45, 7) is 3.90. The van der Waals surface area contributed by atoms with Crippen molar-refractivity contribution in [2.45, 2.75) is 51.2 Å². The fraction of sp³-hybridized carbons (Fsp3) is 0.867. The number of nitrogens with zero attached hydrogens (tertiary/aromatic N) is 2. The van der Waals surface area contributed by atoms with Gasteiger partial charge in [-0.15, -0.1) is 0 Å². The molecule has 0 radical (unpaired) electrons. The molecule has 1 aliphatic carbocycles. The number of morpholine rings is 1. The van der Waals surface area contributed by atoms with Crippen LogP contribution in [0, 0.1) is 5.92 Å². The van der Waals surface area contributed by atoms with E-state index >= 15 is 0 Å². The van der Waals surface area contributed by atoms with Gasteiger partial charge in [0.1, 0.15) is 6.61 Å². The van der Waals surface area contributed by atoms with Crippen LogP contribution in [0.5, 0.6) is 0 Å². The molecule has 5 heteroatoms. The molecule has 2 saturated heterocycles. The molecule has 0 aromatic heterocycles. The molecule has 0 spiro atoms. The molecule has 2 heterocycles. The van der Waals surface area contributed by atoms with Gasteiger partial charge in [0.15, 0.2) is 0 Å². The molecule has 2 atom stereocenters. The number of carbonyl (C=O) groups excluding carboxylic acids is 2. The van der Waals surface area contributed by atoms with Crippen LogP contribution < -0.4 is 0 Å². The van der Waals surface area contributed by atoms with Crippen molar-refractivity contribution in [3.05, 3.63) is 0 Å². The van der Waals surface area contributed by atoms with Crippen molar-refractivity contribution >= 4 is 11.8 Å². The van der Waals surface area contributed by atoms with Gasteiger partial charge in [0.25, 0.3) is 0 Å². The second-order valence-corrected chi connectivity index (χ2v) is 6.39. The second-order valence-electron chi connectivity index (χ2n) is 6.39. The highest BCUT2D eigenvalue weighted by molar-refractivity contribution is 5.79. The first-order valence-corrected chi connectivity index (χ1v) is 7.81. The maximum Gasteiger partial charge on any atom is 0.248 e. The van der Waals surface area contributed by atoms with E-state index in [9.17, 15) is 9.59 Å². The molecule has 5 nitrogen and oxygen atoms in total. The summed E-state index contributed by atoms with van der Waals surface area (Å²) in [5.41, 5.74) is 0. The molecule has 20 heavy (non-hydrogen) atoms. The zero-order chi connectivity index (χ0) is 14.1. The Morgan fingerprint density at radius 1 is 1.25 bits per heavy atom. The topological polar surface area (TPSA) is 49.9 Å². The average molecular weight is 280 g/mol. The monoisotopic (exact) mass is 280 g/mol. The molecule has 0 unspecified atom stereocenters. The van der Waals surface area contributed by atoms with Crippen molar-refractivity contribution in [1.82, 2.24) is 9.80 Å². The highest BCUT2D eigenvalue weighted by Crippen LogP contribution is 2.29. The van der Waals surface area contributed by atoms with E-state index in [2.05, 4.69) is 0 Å². The number of ether oxygens (including phenoxy) is 1. The van der Waals surface area contributed by atoms with Gasteiger partial charge in [-0.05, 0) is 18.8 Å². The summed E-state index contributed by atoms with van der Waals surface area (Å²) >= 11 is 0. The summed E-state index contributed by atoms with van der Waals surface area (Å²) in [5, 5.41) is 0. The standard InChI is InChI=1S/C15H24N2O3/c1-11(18)16-8-13-14(9-16)20-10-15(19)17(13)7-12-5-3-2-4-6-12/h12-14H,2-10H2,1H3/t13-,14+/m1/s1. The Morgan fingerprint density at radius 3 is 2.70 bits per heavy atom. The smallest absolute Gasteiger partial charge is 0.248 e. The molecular weight excluding hydrogens is 256 g/mol. The second kappa shape index (κ2) is 5.72. The number of rotatable bonds is 2. The number of amides is 2. The number of hydrogen-bond acceptors (Lipinski definition) is 3. The molecule has 0 N–H and O–H groups in total. The number of fused-ring (bicyclic) bond motifs is 1. The van der Waals surface area contributed by atoms with Crippen molar-refractivity contribution in [3.8, 4) is 0 Å². The van der Waals surface area contributed by atoms with Crippen LogP contribution in [0.2, 0.25) is 0 Å². The summed E-state index contributed by atoms with van der Waals surface area (Å²) in [4.78, 5) is 27.5. The molecule has 2 aliphatic heterocycles. The molecule has 112 valence electrons. The lowest BCUT2D eigenvalue weighted by molar-refractivity contribution is -0.154. The zero-order valence-electron chi connectivity index (χ0n) is 12.2. The minimum absolute atomic E-state index is 0.0141. The van der Waals surface area contributed by atoms with Gasteiger partial charge in [-0.2, -0.15) is 0 Å². The first kappa shape index (κ1) is 13.9. The van der Waals surface area contributed by atoms with E-state index in [0.717, 1.165) is 6.54 Å². The first-order chi connectivity index (χ1) is 9.65. The Hall–Kier alpha value is -1.10. The Morgan fingerprint density at radius 2 is 2.00 bits per heavy atom. The van der Waals surface area contributed by atoms with Crippen LogP contribution in [-0.2, 0) is 14.3 Å². The summed E-state index contributed by atoms with van der Waals surface area (Å²) in [6, 6.07) is 0.0714. The van der Waals surface area contributed by atoms with Gasteiger partial charge in [0.2, 0.25) is 11.8 Å². The highest BCUT2D eigenvalue weighted by Gasteiger charge is 2.44. The van der Waals surface area contributed by atoms with Gasteiger partial charge in [-0.1, -0.05) is 19.3 Å². The molecular formula is C15H24N2O3. The van der Waals surface area contributed by atoms with Crippen molar-refractivity contribution in [2.75, 3.05) is 26.2 Å². The largest absolute Gasteiger partial charge is 0.364 e. The maximum absolute atomic E-state index is 12.2. The first-order valence-electron chi connectivity index (χ1n) is 7.81. The van der Waals surface area contributed by atoms with E-state index in [1.54, 1.807) is 6.92 Å². The molecule has 1 saturated carbocycles. The van der Waals surface area contributed by atoms with E-state index in [4.69, 9.17) is 4.74 Å². The van der Waals surface area contributed by atoms with Crippen LogP contribution in [0.15, 0.2) is 0 Å². The van der Waals surface area contributed by atoms with Crippen LogP contribution in [0.1, 0.15) is 39.0 Å². The van der Waals surface area contributed by atoms with Gasteiger partial charge in [0.05, 0.1) is 12.1 Å². The van der Waals surface area contributed by atoms with Crippen LogP contribution in [0.25, 0.3) is 0 Å². The van der Waals surface area contributed by atoms with Crippen molar-refractivity contribution < 1.29 is 14.3 Å². The lowest BCUT2D eigenvalue weighted by Gasteiger charge is -2.39. The predicted octanol–water partition coefficient (Wildman–Crippen LogP) is 1.02. The quantitative estimate of drug-likeness (QED) is 0.759. The van der Waals surface area contributed by atoms with Crippen molar-refractivity contribution in [2.24, 2.45) is 5.92 Å². The third-order valence-corrected chi connectivity index (χ3v) is 5.00. The lowest BCUT2D eigenvalue weighted by Crippen LogP contribution is -2.55. The van der Waals surface area contributed by atoms with Crippen LogP contribution in [0.3, 0.4) is 0 Å². The number of likely N-dealkylation sites (tertiary alicyclic amines) is 1. The molecule has 3 fully saturated rings. The number of hydrogen-bond donors (Lipinski definition) is 0. The normalized spacial score (nSPS) is 31.6. The maximum atomic E-state index is 12.2. The van der Waals surface area contributed by atoms with Gasteiger partial charge < -0.3 is 14.5 Å². The lowest BCUT2D eigenvalue weighted by atomic mass is 9.88. The van der Waals surface area contributed by atoms with Gasteiger partial charge >= 0.3 is 0 Å². The Labute approximate surface area is 120 Å². The van der Waals surface area contributed by atoms with Crippen LogP contribution in [-0.4, -0.2) is 60.0 Å². The highest BCUT2D eigenvalue weighted by atomic mass is 16.5. The SMILES string of the molecule is CC(=O)N1C[C@@H]2OCC(=O)N(CC3CCCCC3)[C@@H]2C1. The van der Waals surface area contributed by atoms with E-state index in [1.165, 1.54) is 32.1 Å². The van der Waals surface area contributed by atoms with Gasteiger partial charge in [0, 0.05) is 26.6 Å². The fourth-order valence-corrected chi connectivity index (χ4v) is 3.81. The van der Waals surface area contributed by atoms with Gasteiger partial charge in [-0.25, -0.2) is 0 Å². The Kier molecular flexibility index (Phi) is 3.96. The molecule has 0 aromatic rings. The third kappa shape index (κ3) is 2.68. The Bertz CT molecular complexity index is 393. The summed E-state index contributed by atoms with van der Waals surface area (Å²) < 4.78 is 5.63. The minimum Gasteiger partial charge on any atom is -0.364 e. The minimum atomic E-state index is 0.0141. The predicted molar refractivity (Wildman–Crippen MR) is 74.1 cm³/mol. The fourth-order valence-electron chi connectivity index (χ4n) is 3.81. The van der Waals surface area contributed by atoms with E-state index < -0.39 is 0 Å².